The summed E-state index contributed by atoms with van der Waals surface area (Å²) in [7, 11) is 0. The van der Waals surface area contributed by atoms with Crippen LogP contribution in [0.3, 0.4) is 0 Å². The molecule has 2 aliphatic heterocycles. The fraction of sp³-hybridized carbons (Fsp3) is 0.933. The van der Waals surface area contributed by atoms with Gasteiger partial charge in [0, 0.05) is 6.04 Å². The highest BCUT2D eigenvalue weighted by Crippen LogP contribution is 2.48. The van der Waals surface area contributed by atoms with Gasteiger partial charge in [0.05, 0.1) is 12.2 Å². The Hall–Kier alpha value is -0.650. The van der Waals surface area contributed by atoms with Gasteiger partial charge in [0.15, 0.2) is 12.5 Å². The van der Waals surface area contributed by atoms with Crippen molar-refractivity contribution in [1.82, 2.24) is 4.90 Å². The molecule has 3 rings (SSSR count). The molecule has 0 radical (unpaired) electrons. The summed E-state index contributed by atoms with van der Waals surface area (Å²) in [6, 6.07) is 0.320. The quantitative estimate of drug-likeness (QED) is 0.582. The summed E-state index contributed by atoms with van der Waals surface area (Å²) in [5, 5.41) is 0. The minimum Gasteiger partial charge on any atom is -0.465 e. The van der Waals surface area contributed by atoms with Crippen LogP contribution in [0.1, 0.15) is 47.0 Å². The van der Waals surface area contributed by atoms with Crippen molar-refractivity contribution in [3.8, 4) is 0 Å². The molecule has 0 spiro atoms. The van der Waals surface area contributed by atoms with Crippen LogP contribution < -0.4 is 0 Å². The van der Waals surface area contributed by atoms with E-state index in [2.05, 4.69) is 4.90 Å². The molecule has 2 bridgehead atoms. The first-order valence-corrected chi connectivity index (χ1v) is 7.68. The Morgan fingerprint density at radius 1 is 1.35 bits per heavy atom. The van der Waals surface area contributed by atoms with Gasteiger partial charge in [-0.2, -0.15) is 0 Å². The van der Waals surface area contributed by atoms with Crippen LogP contribution in [0.4, 0.5) is 0 Å². The maximum absolute atomic E-state index is 12.2. The van der Waals surface area contributed by atoms with Crippen molar-refractivity contribution in [3.63, 3.8) is 0 Å². The second-order valence-electron chi connectivity index (χ2n) is 7.00. The molecule has 5 unspecified atom stereocenters. The fourth-order valence-corrected chi connectivity index (χ4v) is 3.66. The van der Waals surface area contributed by atoms with Crippen LogP contribution in [0.2, 0.25) is 0 Å². The number of hydrogen-bond donors (Lipinski definition) is 0. The number of epoxide rings is 1. The molecule has 20 heavy (non-hydrogen) atoms. The van der Waals surface area contributed by atoms with Gasteiger partial charge in [0.2, 0.25) is 0 Å². The first-order chi connectivity index (χ1) is 9.40. The largest absolute Gasteiger partial charge is 0.465 e. The molecule has 5 heteroatoms. The van der Waals surface area contributed by atoms with Crippen molar-refractivity contribution in [2.75, 3.05) is 6.61 Å². The lowest BCUT2D eigenvalue weighted by atomic mass is 9.99. The zero-order chi connectivity index (χ0) is 14.5. The van der Waals surface area contributed by atoms with E-state index in [1.807, 2.05) is 27.7 Å². The number of nitrogens with zero attached hydrogens (tertiary/aromatic N) is 1. The Kier molecular flexibility index (Phi) is 3.55. The van der Waals surface area contributed by atoms with Gasteiger partial charge >= 0.3 is 5.97 Å². The fourth-order valence-electron chi connectivity index (χ4n) is 3.66. The van der Waals surface area contributed by atoms with Gasteiger partial charge in [0.1, 0.15) is 6.04 Å². The molecule has 1 saturated carbocycles. The molecule has 2 heterocycles. The molecule has 3 aliphatic rings. The molecule has 1 aliphatic carbocycles. The van der Waals surface area contributed by atoms with Gasteiger partial charge in [-0.05, 0) is 52.9 Å². The van der Waals surface area contributed by atoms with Crippen LogP contribution in [0.5, 0.6) is 0 Å². The van der Waals surface area contributed by atoms with Crippen LogP contribution in [0.15, 0.2) is 0 Å². The Bertz CT molecular complexity index is 392. The molecule has 0 aromatic carbocycles. The van der Waals surface area contributed by atoms with Crippen LogP contribution in [0.25, 0.3) is 0 Å². The van der Waals surface area contributed by atoms with Gasteiger partial charge in [-0.25, -0.2) is 0 Å². The van der Waals surface area contributed by atoms with Crippen molar-refractivity contribution in [2.45, 2.75) is 77.2 Å². The minimum atomic E-state index is -0.225. The average molecular weight is 283 g/mol. The zero-order valence-electron chi connectivity index (χ0n) is 12.8. The van der Waals surface area contributed by atoms with Crippen molar-refractivity contribution >= 4 is 5.97 Å². The van der Waals surface area contributed by atoms with Gasteiger partial charge in [-0.3, -0.25) is 9.69 Å². The molecule has 2 saturated heterocycles. The third-order valence-electron chi connectivity index (χ3n) is 4.36. The first kappa shape index (κ1) is 14.3. The Labute approximate surface area is 120 Å². The first-order valence-electron chi connectivity index (χ1n) is 7.68. The number of likely N-dealkylation sites (tertiary alicyclic amines) is 1. The van der Waals surface area contributed by atoms with Gasteiger partial charge < -0.3 is 14.2 Å². The van der Waals surface area contributed by atoms with Gasteiger partial charge in [-0.1, -0.05) is 0 Å². The monoisotopic (exact) mass is 283 g/mol. The highest BCUT2D eigenvalue weighted by atomic mass is 16.8. The van der Waals surface area contributed by atoms with Crippen LogP contribution in [0, 0.1) is 5.92 Å². The summed E-state index contributed by atoms with van der Waals surface area (Å²) in [4.78, 5) is 14.4. The van der Waals surface area contributed by atoms with E-state index in [0.717, 1.165) is 19.3 Å². The molecule has 3 fully saturated rings. The highest BCUT2D eigenvalue weighted by Gasteiger charge is 2.60. The summed E-state index contributed by atoms with van der Waals surface area (Å²) in [6.07, 6.45) is 3.10. The third kappa shape index (κ3) is 2.59. The minimum absolute atomic E-state index is 0.0704. The number of hydrogen-bond acceptors (Lipinski definition) is 5. The van der Waals surface area contributed by atoms with Crippen molar-refractivity contribution in [1.29, 1.82) is 0 Å². The molecule has 5 atom stereocenters. The molecular weight excluding hydrogens is 258 g/mol. The van der Waals surface area contributed by atoms with Crippen LogP contribution >= 0.6 is 0 Å². The van der Waals surface area contributed by atoms with Gasteiger partial charge in [0.25, 0.3) is 0 Å². The Morgan fingerprint density at radius 2 is 2.10 bits per heavy atom. The van der Waals surface area contributed by atoms with E-state index in [0.29, 0.717) is 18.6 Å². The standard InChI is InChI=1S/C15H25NO4/c1-5-18-13(17)11-9-6-7-10(8-9)16(11)12-14(19-12)20-15(2,3)4/h9-12,14H,5-8H2,1-4H3. The van der Waals surface area contributed by atoms with E-state index < -0.39 is 0 Å². The topological polar surface area (TPSA) is 51.3 Å². The number of carbonyl (C=O) groups is 1. The maximum atomic E-state index is 12.2. The number of carbonyl (C=O) groups excluding carboxylic acids is 1. The number of esters is 1. The highest BCUT2D eigenvalue weighted by molar-refractivity contribution is 5.77. The van der Waals surface area contributed by atoms with Crippen molar-refractivity contribution < 1.29 is 19.0 Å². The van der Waals surface area contributed by atoms with Crippen LogP contribution in [-0.4, -0.2) is 47.7 Å². The number of fused-ring (bicyclic) bond motifs is 2. The summed E-state index contributed by atoms with van der Waals surface area (Å²) >= 11 is 0. The number of piperidine rings is 1. The van der Waals surface area contributed by atoms with E-state index in [4.69, 9.17) is 14.2 Å². The van der Waals surface area contributed by atoms with E-state index in [1.54, 1.807) is 0 Å². The third-order valence-corrected chi connectivity index (χ3v) is 4.36. The number of rotatable bonds is 4. The zero-order valence-corrected chi connectivity index (χ0v) is 12.8. The molecule has 0 aromatic rings. The Balaban J connectivity index is 1.67. The second kappa shape index (κ2) is 4.97. The summed E-state index contributed by atoms with van der Waals surface area (Å²) in [5.41, 5.74) is -0.225. The maximum Gasteiger partial charge on any atom is 0.323 e. The molecule has 114 valence electrons. The SMILES string of the molecule is CCOC(=O)C1C2CCC(C2)N1C1OC1OC(C)(C)C. The molecular formula is C15H25NO4. The Morgan fingerprint density at radius 3 is 2.75 bits per heavy atom. The summed E-state index contributed by atoms with van der Waals surface area (Å²) in [6.45, 7) is 8.35. The second-order valence-corrected chi connectivity index (χ2v) is 7.00. The number of ether oxygens (including phenoxy) is 3. The molecule has 0 N–H and O–H groups in total. The normalized spacial score (nSPS) is 40.1. The lowest BCUT2D eigenvalue weighted by Gasteiger charge is -2.32. The van der Waals surface area contributed by atoms with E-state index >= 15 is 0 Å². The van der Waals surface area contributed by atoms with Gasteiger partial charge in [-0.15, -0.1) is 0 Å². The van der Waals surface area contributed by atoms with Crippen molar-refractivity contribution in [3.05, 3.63) is 0 Å². The van der Waals surface area contributed by atoms with Crippen LogP contribution in [-0.2, 0) is 19.0 Å². The average Bonchev–Trinajstić information content (AvgIpc) is 2.81. The van der Waals surface area contributed by atoms with E-state index in [1.165, 1.54) is 0 Å². The lowest BCUT2D eigenvalue weighted by Crippen LogP contribution is -2.49. The molecule has 0 amide bonds. The summed E-state index contributed by atoms with van der Waals surface area (Å²) < 4.78 is 16.8. The van der Waals surface area contributed by atoms with E-state index in [9.17, 15) is 4.79 Å². The molecule has 5 nitrogen and oxygen atoms in total. The van der Waals surface area contributed by atoms with E-state index in [-0.39, 0.29) is 30.1 Å². The lowest BCUT2D eigenvalue weighted by molar-refractivity contribution is -0.152. The predicted octanol–water partition coefficient (Wildman–Crippen LogP) is 1.90. The molecule has 0 aromatic heterocycles. The smallest absolute Gasteiger partial charge is 0.323 e. The van der Waals surface area contributed by atoms with Crippen molar-refractivity contribution in [2.24, 2.45) is 5.92 Å². The predicted molar refractivity (Wildman–Crippen MR) is 72.9 cm³/mol. The summed E-state index contributed by atoms with van der Waals surface area (Å²) in [5.74, 6) is 0.336.